The molecule has 0 radical (unpaired) electrons. The molecule has 234 valence electrons. The van der Waals surface area contributed by atoms with Crippen LogP contribution in [0, 0.1) is 5.92 Å². The van der Waals surface area contributed by atoms with Crippen LogP contribution in [0.25, 0.3) is 0 Å². The molecule has 44 heavy (non-hydrogen) atoms. The first-order valence-electron chi connectivity index (χ1n) is 14.8. The lowest BCUT2D eigenvalue weighted by molar-refractivity contribution is -0.137. The van der Waals surface area contributed by atoms with Crippen molar-refractivity contribution in [1.82, 2.24) is 15.6 Å². The Labute approximate surface area is 254 Å². The smallest absolute Gasteiger partial charge is 0.384 e. The van der Waals surface area contributed by atoms with Crippen LogP contribution in [0.5, 0.6) is 0 Å². The number of hydrogen-bond donors (Lipinski definition) is 3. The Morgan fingerprint density at radius 2 is 1.82 bits per heavy atom. The molecule has 0 spiro atoms. The summed E-state index contributed by atoms with van der Waals surface area (Å²) in [5, 5.41) is 17.6. The van der Waals surface area contributed by atoms with Gasteiger partial charge >= 0.3 is 6.18 Å². The van der Waals surface area contributed by atoms with Crippen LogP contribution < -0.4 is 15.5 Å². The summed E-state index contributed by atoms with van der Waals surface area (Å²) in [7, 11) is 1.62. The molecular formula is C33H37F3N4O4. The zero-order valence-electron chi connectivity index (χ0n) is 24.6. The van der Waals surface area contributed by atoms with Crippen LogP contribution in [0.2, 0.25) is 0 Å². The number of pyridine rings is 1. The van der Waals surface area contributed by atoms with Crippen molar-refractivity contribution in [2.45, 2.75) is 56.0 Å². The van der Waals surface area contributed by atoms with Gasteiger partial charge in [0.05, 0.1) is 29.9 Å². The van der Waals surface area contributed by atoms with Gasteiger partial charge in [-0.3, -0.25) is 14.6 Å². The number of benzene rings is 2. The molecule has 1 aliphatic carbocycles. The lowest BCUT2D eigenvalue weighted by Gasteiger charge is -2.49. The van der Waals surface area contributed by atoms with Crippen molar-refractivity contribution < 1.29 is 32.6 Å². The van der Waals surface area contributed by atoms with E-state index in [1.807, 2.05) is 42.5 Å². The molecule has 1 saturated carbocycles. The number of aromatic nitrogens is 1. The number of ether oxygens (including phenoxy) is 1. The number of carbonyl (C=O) groups excluding carboxylic acids is 2. The number of carbonyl (C=O) groups is 2. The molecule has 2 heterocycles. The van der Waals surface area contributed by atoms with E-state index in [1.165, 1.54) is 12.1 Å². The molecule has 0 bridgehead atoms. The Kier molecular flexibility index (Phi) is 9.38. The van der Waals surface area contributed by atoms with E-state index in [-0.39, 0.29) is 23.9 Å². The summed E-state index contributed by atoms with van der Waals surface area (Å²) in [5.41, 5.74) is -0.620. The van der Waals surface area contributed by atoms with Gasteiger partial charge in [-0.2, -0.15) is 13.2 Å². The van der Waals surface area contributed by atoms with Crippen molar-refractivity contribution in [3.05, 3.63) is 95.3 Å². The standard InChI is InChI=1S/C33H37F3N4O4/c1-44-21-23-10-11-28(38-19-23)32(43)14-12-25(13-15-32)31(16-17-37-22-31)40(27-8-3-2-4-9-27)29(41)20-39-30(42)24-6-5-7-26(18-24)33(34,35)36/h2-11,18-19,25,37,43H,12-17,20-22H2,1H3,(H,39,42)/t25?,31-,32?/m0/s1. The maximum Gasteiger partial charge on any atom is 0.416 e. The van der Waals surface area contributed by atoms with Gasteiger partial charge in [0.2, 0.25) is 5.91 Å². The summed E-state index contributed by atoms with van der Waals surface area (Å²) in [6, 6.07) is 17.1. The monoisotopic (exact) mass is 610 g/mol. The summed E-state index contributed by atoms with van der Waals surface area (Å²) in [4.78, 5) is 33.1. The summed E-state index contributed by atoms with van der Waals surface area (Å²) in [6.45, 7) is 1.27. The first-order valence-corrected chi connectivity index (χ1v) is 14.8. The highest BCUT2D eigenvalue weighted by atomic mass is 19.4. The van der Waals surface area contributed by atoms with E-state index in [4.69, 9.17) is 4.74 Å². The zero-order chi connectivity index (χ0) is 31.4. The van der Waals surface area contributed by atoms with Gasteiger partial charge in [-0.1, -0.05) is 30.3 Å². The molecule has 1 saturated heterocycles. The summed E-state index contributed by atoms with van der Waals surface area (Å²) < 4.78 is 44.8. The van der Waals surface area contributed by atoms with Gasteiger partial charge in [0.1, 0.15) is 5.60 Å². The van der Waals surface area contributed by atoms with Gasteiger partial charge in [-0.25, -0.2) is 0 Å². The van der Waals surface area contributed by atoms with E-state index in [2.05, 4.69) is 15.6 Å². The van der Waals surface area contributed by atoms with Crippen molar-refractivity contribution in [2.24, 2.45) is 5.92 Å². The summed E-state index contributed by atoms with van der Waals surface area (Å²) >= 11 is 0. The lowest BCUT2D eigenvalue weighted by atomic mass is 9.68. The molecule has 5 rings (SSSR count). The number of anilines is 1. The third-order valence-electron chi connectivity index (χ3n) is 8.91. The fourth-order valence-corrected chi connectivity index (χ4v) is 6.66. The first kappa shape index (κ1) is 31.6. The van der Waals surface area contributed by atoms with Gasteiger partial charge < -0.3 is 25.4 Å². The van der Waals surface area contributed by atoms with E-state index >= 15 is 0 Å². The van der Waals surface area contributed by atoms with Gasteiger partial charge in [0, 0.05) is 31.1 Å². The van der Waals surface area contributed by atoms with Gasteiger partial charge in [0.15, 0.2) is 0 Å². The number of rotatable bonds is 9. The molecule has 8 nitrogen and oxygen atoms in total. The molecule has 2 aliphatic rings. The largest absolute Gasteiger partial charge is 0.416 e. The van der Waals surface area contributed by atoms with Crippen LogP contribution in [0.4, 0.5) is 18.9 Å². The number of hydrogen-bond acceptors (Lipinski definition) is 6. The highest BCUT2D eigenvalue weighted by Gasteiger charge is 2.51. The van der Waals surface area contributed by atoms with Crippen LogP contribution >= 0.6 is 0 Å². The fourth-order valence-electron chi connectivity index (χ4n) is 6.66. The minimum absolute atomic E-state index is 0.0360. The van der Waals surface area contributed by atoms with Crippen LogP contribution in [-0.2, 0) is 27.9 Å². The van der Waals surface area contributed by atoms with Crippen molar-refractivity contribution in [3.8, 4) is 0 Å². The first-order chi connectivity index (χ1) is 21.1. The quantitative estimate of drug-likeness (QED) is 0.321. The number of para-hydroxylation sites is 1. The Morgan fingerprint density at radius 3 is 2.43 bits per heavy atom. The fraction of sp³-hybridized carbons (Fsp3) is 0.424. The minimum atomic E-state index is -4.59. The van der Waals surface area contributed by atoms with Crippen molar-refractivity contribution in [2.75, 3.05) is 31.6 Å². The lowest BCUT2D eigenvalue weighted by Crippen LogP contribution is -2.61. The van der Waals surface area contributed by atoms with Gasteiger partial charge in [-0.15, -0.1) is 0 Å². The second kappa shape index (κ2) is 13.1. The highest BCUT2D eigenvalue weighted by Crippen LogP contribution is 2.47. The Balaban J connectivity index is 1.36. The highest BCUT2D eigenvalue weighted by molar-refractivity contribution is 6.01. The average Bonchev–Trinajstić information content (AvgIpc) is 3.51. The van der Waals surface area contributed by atoms with Crippen molar-refractivity contribution in [1.29, 1.82) is 0 Å². The van der Waals surface area contributed by atoms with E-state index in [1.54, 1.807) is 18.2 Å². The predicted octanol–water partition coefficient (Wildman–Crippen LogP) is 4.82. The Morgan fingerprint density at radius 1 is 1.07 bits per heavy atom. The normalized spacial score (nSPS) is 23.7. The number of halogens is 3. The number of alkyl halides is 3. The molecule has 0 unspecified atom stereocenters. The zero-order valence-corrected chi connectivity index (χ0v) is 24.6. The van der Waals surface area contributed by atoms with Crippen LogP contribution in [0.1, 0.15) is 59.3 Å². The molecule has 3 aromatic rings. The maximum atomic E-state index is 14.0. The van der Waals surface area contributed by atoms with Crippen LogP contribution in [-0.4, -0.2) is 54.2 Å². The molecule has 1 aliphatic heterocycles. The maximum absolute atomic E-state index is 14.0. The molecule has 2 fully saturated rings. The topological polar surface area (TPSA) is 104 Å². The second-order valence-electron chi connectivity index (χ2n) is 11.6. The molecule has 1 atom stereocenters. The number of nitrogens with one attached hydrogen (secondary N) is 2. The van der Waals surface area contributed by atoms with E-state index in [0.29, 0.717) is 63.2 Å². The Bertz CT molecular complexity index is 1440. The van der Waals surface area contributed by atoms with Gasteiger partial charge in [0.25, 0.3) is 5.91 Å². The Hall–Kier alpha value is -3.80. The van der Waals surface area contributed by atoms with E-state index in [9.17, 15) is 27.9 Å². The average molecular weight is 611 g/mol. The van der Waals surface area contributed by atoms with Crippen molar-refractivity contribution in [3.63, 3.8) is 0 Å². The minimum Gasteiger partial charge on any atom is -0.384 e. The molecule has 2 amide bonds. The van der Waals surface area contributed by atoms with Gasteiger partial charge in [-0.05, 0) is 86.5 Å². The number of amides is 2. The third kappa shape index (κ3) is 6.64. The van der Waals surface area contributed by atoms with Crippen molar-refractivity contribution >= 4 is 17.5 Å². The summed E-state index contributed by atoms with van der Waals surface area (Å²) in [6.07, 6.45) is 0.0306. The molecule has 11 heteroatoms. The third-order valence-corrected chi connectivity index (χ3v) is 8.91. The predicted molar refractivity (Wildman–Crippen MR) is 159 cm³/mol. The van der Waals surface area contributed by atoms with Crippen LogP contribution in [0.3, 0.4) is 0 Å². The molecule has 3 N–H and O–H groups in total. The van der Waals surface area contributed by atoms with Crippen LogP contribution in [0.15, 0.2) is 72.9 Å². The van der Waals surface area contributed by atoms with E-state index < -0.39 is 28.8 Å². The molecule has 1 aromatic heterocycles. The second-order valence-corrected chi connectivity index (χ2v) is 11.6. The SMILES string of the molecule is COCc1ccc(C2(O)CCC([C@]3(N(C(=O)CNC(=O)c4cccc(C(F)(F)F)c4)c4ccccc4)CCNC3)CC2)nc1. The summed E-state index contributed by atoms with van der Waals surface area (Å²) in [5.74, 6) is -1.09. The molecular weight excluding hydrogens is 573 g/mol. The number of aliphatic hydroxyl groups is 1. The molecule has 2 aromatic carbocycles. The number of methoxy groups -OCH3 is 1. The number of nitrogens with zero attached hydrogens (tertiary/aromatic N) is 2. The van der Waals surface area contributed by atoms with E-state index in [0.717, 1.165) is 17.7 Å².